The van der Waals surface area contributed by atoms with Gasteiger partial charge < -0.3 is 54.0 Å². The molecule has 0 saturated heterocycles. The number of carbonyl (C=O) groups is 3. The Labute approximate surface area is 648 Å². The Morgan fingerprint density at radius 1 is 0.348 bits per heavy atom. The highest BCUT2D eigenvalue weighted by atomic mass is 16.4. The van der Waals surface area contributed by atoms with E-state index in [9.17, 15) is 29.7 Å². The van der Waals surface area contributed by atoms with Gasteiger partial charge in [0.2, 0.25) is 0 Å². The SMILES string of the molecule is Cc1cnc2c(C(C)(C)O)cc(Cc3cc(C(=O)NCc4ccc5c(N)nccc5c4)ccn3)cc2c1.Cc1cnc2c(C(C)(C)O)cc(Cc3cc(C(=O)NCc4ccc5c(N)nccc5c4)ccn3)cc2c1.Cc1cnc2c(C(C)(C)O)cc(Cc3cc(C(=O)O)ccn3)cc2c1.NCc1ccc2c(N)nccc2c1. The number of nitrogens with two attached hydrogens (primary N) is 4. The third-order valence-electron chi connectivity index (χ3n) is 19.0. The standard InChI is InChI=1S/2C30H29N5O2.C20H20N2O3.C10H11N3/c2*1-18-10-23-12-20(14-26(30(2,3)37)27(23)34-16-18)13-24-15-22(7-8-32-24)29(36)35-17-19-4-5-25-21(11-19)6-9-33-28(25)31;1-12-6-15-7-13(8-16-10-14(19(23)24)4-5-21-16)9-17(20(2,3)25)18(15)22-11-12;11-6-7-1-2-9-8(5-7)3-4-13-10(9)12/h2*4-12,14-16,37H,13,17H2,1-3H3,(H2,31,33)(H,35,36);4-7,9-11,25H,8H2,1-3H3,(H,23,24);1-5H,6,11H2,(H2,12,13). The zero-order chi connectivity index (χ0) is 79.8. The van der Waals surface area contributed by atoms with E-state index in [-0.39, 0.29) is 17.4 Å². The number of aromatic nitrogens is 9. The van der Waals surface area contributed by atoms with Crippen molar-refractivity contribution < 1.29 is 34.8 Å². The molecule has 0 unspecified atom stereocenters. The van der Waals surface area contributed by atoms with Crippen molar-refractivity contribution in [1.29, 1.82) is 0 Å². The molecule has 0 saturated carbocycles. The minimum Gasteiger partial charge on any atom is -0.478 e. The van der Waals surface area contributed by atoms with Crippen LogP contribution >= 0.6 is 0 Å². The van der Waals surface area contributed by atoms with Gasteiger partial charge in [0.15, 0.2) is 0 Å². The van der Waals surface area contributed by atoms with Crippen LogP contribution in [0.3, 0.4) is 0 Å². The monoisotopic (exact) mass is 1490 g/mol. The molecule has 14 N–H and O–H groups in total. The van der Waals surface area contributed by atoms with Crippen molar-refractivity contribution in [3.63, 3.8) is 0 Å². The van der Waals surface area contributed by atoms with Crippen LogP contribution in [0.5, 0.6) is 0 Å². The number of hydrogen-bond acceptors (Lipinski definition) is 19. The number of aromatic carboxylic acids is 1. The van der Waals surface area contributed by atoms with Crippen LogP contribution in [0, 0.1) is 20.8 Å². The van der Waals surface area contributed by atoms with E-state index in [1.807, 2.05) is 148 Å². The lowest BCUT2D eigenvalue weighted by Gasteiger charge is -2.21. The highest BCUT2D eigenvalue weighted by molar-refractivity contribution is 5.97. The number of pyridine rings is 9. The highest BCUT2D eigenvalue weighted by Crippen LogP contribution is 2.34. The number of carbonyl (C=O) groups excluding carboxylic acids is 2. The fraction of sp³-hybridized carbons (Fsp3) is 0.200. The Morgan fingerprint density at radius 3 is 0.964 bits per heavy atom. The van der Waals surface area contributed by atoms with Crippen LogP contribution in [0.1, 0.15) is 156 Å². The predicted molar refractivity (Wildman–Crippen MR) is 442 cm³/mol. The van der Waals surface area contributed by atoms with Crippen molar-refractivity contribution in [2.24, 2.45) is 5.73 Å². The zero-order valence-corrected chi connectivity index (χ0v) is 63.9. The topological polar surface area (TPSA) is 376 Å². The van der Waals surface area contributed by atoms with E-state index in [4.69, 9.17) is 28.0 Å². The van der Waals surface area contributed by atoms with Gasteiger partial charge in [-0.05, 0) is 238 Å². The summed E-state index contributed by atoms with van der Waals surface area (Å²) in [5.41, 5.74) is 37.2. The van der Waals surface area contributed by atoms with Crippen LogP contribution in [-0.4, -0.2) is 83.1 Å². The first-order valence-corrected chi connectivity index (χ1v) is 36.5. The molecule has 0 aliphatic heterocycles. The van der Waals surface area contributed by atoms with E-state index >= 15 is 0 Å². The molecule has 0 aliphatic rings. The predicted octanol–water partition coefficient (Wildman–Crippen LogP) is 14.4. The summed E-state index contributed by atoms with van der Waals surface area (Å²) in [6.07, 6.45) is 16.8. The van der Waals surface area contributed by atoms with E-state index < -0.39 is 22.8 Å². The molecule has 0 bridgehead atoms. The van der Waals surface area contributed by atoms with Crippen molar-refractivity contribution in [2.75, 3.05) is 17.2 Å². The van der Waals surface area contributed by atoms with Gasteiger partial charge >= 0.3 is 5.97 Å². The van der Waals surface area contributed by atoms with E-state index in [2.05, 4.69) is 79.8 Å². The molecule has 0 fully saturated rings. The highest BCUT2D eigenvalue weighted by Gasteiger charge is 2.25. The molecule has 0 aliphatic carbocycles. The summed E-state index contributed by atoms with van der Waals surface area (Å²) in [5, 5.41) is 55.9. The number of aryl methyl sites for hydroxylation is 3. The van der Waals surface area contributed by atoms with Gasteiger partial charge in [0.1, 0.15) is 17.5 Å². The van der Waals surface area contributed by atoms with Crippen molar-refractivity contribution >= 4 is 100 Å². The van der Waals surface area contributed by atoms with Crippen molar-refractivity contribution in [2.45, 2.75) is 118 Å². The van der Waals surface area contributed by atoms with Crippen molar-refractivity contribution in [3.8, 4) is 0 Å². The third kappa shape index (κ3) is 19.3. The fourth-order valence-corrected chi connectivity index (χ4v) is 13.4. The summed E-state index contributed by atoms with van der Waals surface area (Å²) in [7, 11) is 0. The average molecular weight is 1490 g/mol. The van der Waals surface area contributed by atoms with Gasteiger partial charge in [-0.3, -0.25) is 39.5 Å². The molecular weight excluding hydrogens is 1400 g/mol. The average Bonchev–Trinajstić information content (AvgIpc) is 0.789. The number of hydrogen-bond donors (Lipinski definition) is 10. The number of rotatable bonds is 17. The Kier molecular flexibility index (Phi) is 23.4. The lowest BCUT2D eigenvalue weighted by molar-refractivity contribution is 0.0694. The van der Waals surface area contributed by atoms with Crippen molar-refractivity contribution in [3.05, 3.63) is 320 Å². The van der Waals surface area contributed by atoms with Crippen LogP contribution in [0.15, 0.2) is 220 Å². The van der Waals surface area contributed by atoms with Crippen LogP contribution in [-0.2, 0) is 55.7 Å². The van der Waals surface area contributed by atoms with E-state index in [0.717, 1.165) is 143 Å². The summed E-state index contributed by atoms with van der Waals surface area (Å²) in [6.45, 7) is 17.8. The molecule has 0 atom stereocenters. The Balaban J connectivity index is 0.000000146. The number of fused-ring (bicyclic) bond motifs is 6. The Morgan fingerprint density at radius 2 is 0.643 bits per heavy atom. The molecule has 9 aromatic heterocycles. The van der Waals surface area contributed by atoms with E-state index in [1.165, 1.54) is 12.3 Å². The second kappa shape index (κ2) is 33.4. The zero-order valence-electron chi connectivity index (χ0n) is 63.9. The molecule has 0 radical (unpaired) electrons. The van der Waals surface area contributed by atoms with Crippen molar-refractivity contribution in [1.82, 2.24) is 55.5 Å². The number of nitrogen functional groups attached to an aromatic ring is 3. The number of nitrogens with zero attached hydrogens (tertiary/aromatic N) is 9. The normalized spacial score (nSPS) is 11.5. The quantitative estimate of drug-likeness (QED) is 0.0405. The first kappa shape index (κ1) is 78.5. The molecular formula is C90H89N15O7. The second-order valence-corrected chi connectivity index (χ2v) is 29.6. The van der Waals surface area contributed by atoms with Crippen LogP contribution in [0.2, 0.25) is 0 Å². The summed E-state index contributed by atoms with van der Waals surface area (Å²) in [4.78, 5) is 76.1. The molecule has 9 heterocycles. The number of nitrogens with one attached hydrogen (secondary N) is 2. The number of benzene rings is 6. The van der Waals surface area contributed by atoms with Gasteiger partial charge in [0, 0.05) is 172 Å². The molecule has 6 aromatic carbocycles. The number of carboxylic acid groups (broad SMARTS) is 1. The van der Waals surface area contributed by atoms with Gasteiger partial charge in [-0.25, -0.2) is 19.7 Å². The minimum absolute atomic E-state index is 0.173. The molecule has 22 nitrogen and oxygen atoms in total. The van der Waals surface area contributed by atoms with Crippen LogP contribution < -0.4 is 33.6 Å². The van der Waals surface area contributed by atoms with E-state index in [0.29, 0.717) is 73.2 Å². The maximum atomic E-state index is 12.9. The smallest absolute Gasteiger partial charge is 0.335 e. The molecule has 15 rings (SSSR count). The summed E-state index contributed by atoms with van der Waals surface area (Å²) >= 11 is 0. The third-order valence-corrected chi connectivity index (χ3v) is 19.0. The molecule has 0 spiro atoms. The number of anilines is 3. The Bertz CT molecular complexity index is 5830. The van der Waals surface area contributed by atoms with Crippen LogP contribution in [0.25, 0.3) is 65.0 Å². The van der Waals surface area contributed by atoms with E-state index in [1.54, 1.807) is 96.9 Å². The molecule has 22 heteroatoms. The summed E-state index contributed by atoms with van der Waals surface area (Å²) in [5.74, 6) is 0.233. The second-order valence-electron chi connectivity index (χ2n) is 29.6. The first-order valence-electron chi connectivity index (χ1n) is 36.5. The maximum absolute atomic E-state index is 12.9. The molecule has 566 valence electrons. The first-order chi connectivity index (χ1) is 53.4. The minimum atomic E-state index is -1.04. The molecule has 2 amide bonds. The van der Waals surface area contributed by atoms with Gasteiger partial charge in [0.05, 0.1) is 38.9 Å². The number of carboxylic acids is 1. The lowest BCUT2D eigenvalue weighted by atomic mass is 9.91. The molecule has 112 heavy (non-hydrogen) atoms. The fourth-order valence-electron chi connectivity index (χ4n) is 13.4. The van der Waals surface area contributed by atoms with Gasteiger partial charge in [-0.1, -0.05) is 54.6 Å². The Hall–Kier alpha value is -13.1. The lowest BCUT2D eigenvalue weighted by Crippen LogP contribution is -2.23. The number of aliphatic hydroxyl groups is 3. The molecule has 15 aromatic rings. The summed E-state index contributed by atoms with van der Waals surface area (Å²) < 4.78 is 0. The van der Waals surface area contributed by atoms with Crippen LogP contribution in [0.4, 0.5) is 17.5 Å². The largest absolute Gasteiger partial charge is 0.478 e. The maximum Gasteiger partial charge on any atom is 0.335 e. The van der Waals surface area contributed by atoms with Gasteiger partial charge in [0.25, 0.3) is 11.8 Å². The van der Waals surface area contributed by atoms with Gasteiger partial charge in [-0.15, -0.1) is 0 Å². The summed E-state index contributed by atoms with van der Waals surface area (Å²) in [6, 6.07) is 51.7. The van der Waals surface area contributed by atoms with Gasteiger partial charge in [-0.2, -0.15) is 0 Å². The number of amides is 2.